The number of carboxylic acid groups (broad SMARTS) is 1. The van der Waals surface area contributed by atoms with Crippen LogP contribution in [0.5, 0.6) is 0 Å². The van der Waals surface area contributed by atoms with Gasteiger partial charge in [0.05, 0.1) is 12.1 Å². The lowest BCUT2D eigenvalue weighted by atomic mass is 10.6. The SMILES string of the molecule is [13CH3][13c]1[13cH][13c]([13CH2]CC(=O)O)n[nH]1. The molecule has 0 aromatic carbocycles. The fourth-order valence-corrected chi connectivity index (χ4v) is 0.838. The average molecular weight is 159 g/mol. The Bertz CT molecular complexity index is 255. The predicted octanol–water partition coefficient (Wildman–Crippen LogP) is 0.735. The summed E-state index contributed by atoms with van der Waals surface area (Å²) >= 11 is 0. The maximum atomic E-state index is 10.1. The zero-order valence-corrected chi connectivity index (χ0v) is 6.29. The van der Waals surface area contributed by atoms with Crippen molar-refractivity contribution in [2.24, 2.45) is 0 Å². The minimum Gasteiger partial charge on any atom is -0.481 e. The lowest BCUT2D eigenvalue weighted by molar-refractivity contribution is -0.136. The lowest BCUT2D eigenvalue weighted by Crippen LogP contribution is -1.97. The van der Waals surface area contributed by atoms with E-state index in [0.29, 0.717) is 6.42 Å². The van der Waals surface area contributed by atoms with E-state index in [1.54, 1.807) is 0 Å². The number of nitrogens with zero attached hydrogens (tertiary/aromatic N) is 1. The number of aromatic nitrogens is 2. The van der Waals surface area contributed by atoms with E-state index in [1.165, 1.54) is 0 Å². The molecule has 1 heterocycles. The molecule has 4 heteroatoms. The van der Waals surface area contributed by atoms with Crippen LogP contribution in [-0.2, 0) is 11.2 Å². The first-order chi connectivity index (χ1) is 5.18. The van der Waals surface area contributed by atoms with Crippen LogP contribution in [0.3, 0.4) is 0 Å². The molecule has 0 saturated carbocycles. The van der Waals surface area contributed by atoms with Gasteiger partial charge in [-0.05, 0) is 13.0 Å². The van der Waals surface area contributed by atoms with Gasteiger partial charge in [0.15, 0.2) is 0 Å². The molecule has 0 aliphatic heterocycles. The van der Waals surface area contributed by atoms with Crippen LogP contribution < -0.4 is 0 Å². The number of aliphatic carboxylic acids is 1. The summed E-state index contributed by atoms with van der Waals surface area (Å²) in [7, 11) is 0. The monoisotopic (exact) mass is 159 g/mol. The number of rotatable bonds is 3. The maximum absolute atomic E-state index is 10.1. The first-order valence-electron chi connectivity index (χ1n) is 3.41. The van der Waals surface area contributed by atoms with E-state index in [1.807, 2.05) is 13.0 Å². The van der Waals surface area contributed by atoms with Crippen molar-refractivity contribution in [3.8, 4) is 0 Å². The Morgan fingerprint density at radius 3 is 3.00 bits per heavy atom. The number of hydrogen-bond donors (Lipinski definition) is 2. The van der Waals surface area contributed by atoms with Gasteiger partial charge in [0.2, 0.25) is 0 Å². The Hall–Kier alpha value is -1.32. The molecule has 2 N–H and O–H groups in total. The largest absolute Gasteiger partial charge is 0.481 e. The molecule has 0 aliphatic rings. The van der Waals surface area contributed by atoms with Gasteiger partial charge in [0, 0.05) is 12.1 Å². The quantitative estimate of drug-likeness (QED) is 0.639. The van der Waals surface area contributed by atoms with Crippen LogP contribution >= 0.6 is 0 Å². The number of H-pyrrole nitrogens is 1. The van der Waals surface area contributed by atoms with Gasteiger partial charge in [-0.2, -0.15) is 5.10 Å². The lowest BCUT2D eigenvalue weighted by Gasteiger charge is -1.88. The number of carbonyl (C=O) groups is 1. The Morgan fingerprint density at radius 1 is 1.82 bits per heavy atom. The van der Waals surface area contributed by atoms with Crippen LogP contribution in [-0.4, -0.2) is 21.3 Å². The van der Waals surface area contributed by atoms with Gasteiger partial charge in [0.1, 0.15) is 0 Å². The van der Waals surface area contributed by atoms with Gasteiger partial charge in [-0.3, -0.25) is 9.89 Å². The van der Waals surface area contributed by atoms with E-state index >= 15 is 0 Å². The molecule has 11 heavy (non-hydrogen) atoms. The second-order valence-electron chi connectivity index (χ2n) is 2.44. The molecular formula is C7H10N2O2. The molecule has 0 saturated heterocycles. The topological polar surface area (TPSA) is 66.0 Å². The molecule has 4 nitrogen and oxygen atoms in total. The first kappa shape index (κ1) is 7.78. The zero-order chi connectivity index (χ0) is 8.27. The molecule has 0 amide bonds. The van der Waals surface area contributed by atoms with Crippen molar-refractivity contribution in [3.63, 3.8) is 0 Å². The Labute approximate surface area is 64.2 Å². The third-order valence-corrected chi connectivity index (χ3v) is 1.35. The predicted molar refractivity (Wildman–Crippen MR) is 39.3 cm³/mol. The fourth-order valence-electron chi connectivity index (χ4n) is 0.838. The van der Waals surface area contributed by atoms with Crippen LogP contribution in [0.15, 0.2) is 6.07 Å². The van der Waals surface area contributed by atoms with E-state index in [4.69, 9.17) is 5.11 Å². The van der Waals surface area contributed by atoms with Crippen LogP contribution in [0.4, 0.5) is 0 Å². The zero-order valence-electron chi connectivity index (χ0n) is 6.29. The Kier molecular flexibility index (Phi) is 2.25. The molecule has 1 aromatic rings. The summed E-state index contributed by atoms with van der Waals surface area (Å²) in [4.78, 5) is 10.1. The van der Waals surface area contributed by atoms with Crippen molar-refractivity contribution in [1.29, 1.82) is 0 Å². The highest BCUT2D eigenvalue weighted by Gasteiger charge is 2.00. The fraction of sp³-hybridized carbons (Fsp3) is 0.429. The van der Waals surface area contributed by atoms with Crippen molar-refractivity contribution in [1.82, 2.24) is 10.2 Å². The van der Waals surface area contributed by atoms with Crippen LogP contribution in [0.25, 0.3) is 0 Å². The van der Waals surface area contributed by atoms with Crippen molar-refractivity contribution in [2.45, 2.75) is 19.8 Å². The molecule has 1 rings (SSSR count). The van der Waals surface area contributed by atoms with Gasteiger partial charge in [-0.1, -0.05) is 0 Å². The molecule has 0 fully saturated rings. The Balaban J connectivity index is 2.45. The van der Waals surface area contributed by atoms with Crippen LogP contribution in [0.2, 0.25) is 0 Å². The standard InChI is InChI=1S/C7H10N2O2/c1-5-4-6(9-8-5)2-3-7(10)11/h4H,2-3H2,1H3,(H,8,9)(H,10,11)/i1+1,2+1,4+1,5+1,6+1. The van der Waals surface area contributed by atoms with E-state index < -0.39 is 5.97 Å². The minimum atomic E-state index is -0.786. The average Bonchev–Trinajstić information content (AvgIpc) is 2.31. The van der Waals surface area contributed by atoms with E-state index in [0.717, 1.165) is 11.4 Å². The molecule has 0 bridgehead atoms. The highest BCUT2D eigenvalue weighted by Crippen LogP contribution is 2.00. The molecule has 0 spiro atoms. The summed E-state index contributed by atoms with van der Waals surface area (Å²) in [6, 6.07) is 1.85. The highest BCUT2D eigenvalue weighted by atomic mass is 16.4. The molecule has 0 atom stereocenters. The molecule has 1 aromatic heterocycles. The summed E-state index contributed by atoms with van der Waals surface area (Å²) in [5, 5.41) is 15.0. The van der Waals surface area contributed by atoms with Crippen molar-refractivity contribution < 1.29 is 9.90 Å². The van der Waals surface area contributed by atoms with Crippen molar-refractivity contribution in [2.75, 3.05) is 0 Å². The second kappa shape index (κ2) is 3.18. The van der Waals surface area contributed by atoms with Gasteiger partial charge >= 0.3 is 5.97 Å². The summed E-state index contributed by atoms with van der Waals surface area (Å²) in [5.74, 6) is -0.786. The summed E-state index contributed by atoms with van der Waals surface area (Å²) < 4.78 is 0. The molecular weight excluding hydrogens is 149 g/mol. The van der Waals surface area contributed by atoms with E-state index in [-0.39, 0.29) is 6.42 Å². The Morgan fingerprint density at radius 2 is 2.55 bits per heavy atom. The minimum absolute atomic E-state index is 0.143. The highest BCUT2D eigenvalue weighted by molar-refractivity contribution is 5.66. The van der Waals surface area contributed by atoms with Gasteiger partial charge in [-0.15, -0.1) is 0 Å². The molecule has 60 valence electrons. The smallest absolute Gasteiger partial charge is 0.303 e. The number of aryl methyl sites for hydroxylation is 2. The second-order valence-corrected chi connectivity index (χ2v) is 2.44. The number of nitrogens with one attached hydrogen (secondary N) is 1. The maximum Gasteiger partial charge on any atom is 0.303 e. The van der Waals surface area contributed by atoms with Gasteiger partial charge in [0.25, 0.3) is 0 Å². The van der Waals surface area contributed by atoms with Gasteiger partial charge in [-0.25, -0.2) is 0 Å². The van der Waals surface area contributed by atoms with Crippen LogP contribution in [0.1, 0.15) is 17.8 Å². The summed E-state index contributed by atoms with van der Waals surface area (Å²) in [6.07, 6.45) is 0.643. The molecule has 0 aliphatic carbocycles. The van der Waals surface area contributed by atoms with Crippen LogP contribution in [0, 0.1) is 6.92 Å². The molecule has 0 radical (unpaired) electrons. The summed E-state index contributed by atoms with van der Waals surface area (Å²) in [5.41, 5.74) is 1.77. The number of hydrogen-bond acceptors (Lipinski definition) is 2. The number of aromatic amines is 1. The summed E-state index contributed by atoms with van der Waals surface area (Å²) in [6.45, 7) is 1.89. The van der Waals surface area contributed by atoms with Gasteiger partial charge < -0.3 is 5.11 Å². The first-order valence-corrected chi connectivity index (χ1v) is 3.41. The third kappa shape index (κ3) is 2.41. The molecule has 0 unspecified atom stereocenters. The number of carboxylic acids is 1. The van der Waals surface area contributed by atoms with Crippen molar-refractivity contribution >= 4 is 5.97 Å². The third-order valence-electron chi connectivity index (χ3n) is 1.35. The normalized spacial score (nSPS) is 9.91. The van der Waals surface area contributed by atoms with E-state index in [9.17, 15) is 4.79 Å². The van der Waals surface area contributed by atoms with E-state index in [2.05, 4.69) is 10.2 Å². The van der Waals surface area contributed by atoms with Crippen molar-refractivity contribution in [3.05, 3.63) is 17.5 Å².